The summed E-state index contributed by atoms with van der Waals surface area (Å²) in [7, 11) is 6.00. The molecule has 1 aliphatic carbocycles. The maximum absolute atomic E-state index is 3.55. The molecule has 11 heavy (non-hydrogen) atoms. The molecule has 2 unspecified atom stereocenters. The fraction of sp³-hybridized carbons (Fsp3) is 1.00. The maximum atomic E-state index is 3.55. The van der Waals surface area contributed by atoms with Gasteiger partial charge in [0.2, 0.25) is 0 Å². The first-order valence-electron chi connectivity index (χ1n) is 4.33. The fourth-order valence-corrected chi connectivity index (χ4v) is 1.62. The molecule has 68 valence electrons. The van der Waals surface area contributed by atoms with Gasteiger partial charge in [-0.2, -0.15) is 0 Å². The molecule has 0 bridgehead atoms. The average molecular weight is 222 g/mol. The summed E-state index contributed by atoms with van der Waals surface area (Å²) in [5, 5.41) is 0. The number of nitrogens with zero attached hydrogens (tertiary/aromatic N) is 1. The Morgan fingerprint density at radius 1 is 1.36 bits per heavy atom. The van der Waals surface area contributed by atoms with Gasteiger partial charge in [0.05, 0.1) is 0 Å². The molecule has 0 amide bonds. The zero-order valence-electron chi connectivity index (χ0n) is 8.10. The lowest BCUT2D eigenvalue weighted by Gasteiger charge is -1.90. The van der Waals surface area contributed by atoms with Crippen molar-refractivity contribution in [3.63, 3.8) is 0 Å². The van der Waals surface area contributed by atoms with Crippen molar-refractivity contribution in [3.8, 4) is 0 Å². The van der Waals surface area contributed by atoms with Crippen LogP contribution in [0.2, 0.25) is 0 Å². The molecule has 2 heteroatoms. The van der Waals surface area contributed by atoms with Gasteiger partial charge in [-0.15, -0.1) is 0 Å². The molecule has 0 saturated heterocycles. The summed E-state index contributed by atoms with van der Waals surface area (Å²) in [6.07, 6.45) is 4.20. The molecule has 0 aromatic carbocycles. The third-order valence-electron chi connectivity index (χ3n) is 1.50. The maximum Gasteiger partial charge on any atom is 0.0177 e. The number of hydrogen-bond donors (Lipinski definition) is 0. The average Bonchev–Trinajstić information content (AvgIpc) is 2.46. The number of alkyl halides is 1. The van der Waals surface area contributed by atoms with Crippen LogP contribution in [0.15, 0.2) is 0 Å². The Morgan fingerprint density at radius 2 is 1.73 bits per heavy atom. The van der Waals surface area contributed by atoms with Crippen molar-refractivity contribution in [1.29, 1.82) is 0 Å². The minimum atomic E-state index is 0.882. The predicted molar refractivity (Wildman–Crippen MR) is 55.3 cm³/mol. The first-order valence-corrected chi connectivity index (χ1v) is 5.24. The van der Waals surface area contributed by atoms with Crippen LogP contribution in [-0.4, -0.2) is 30.9 Å². The lowest BCUT2D eigenvalue weighted by molar-refractivity contribution is 0.505. The Hall–Kier alpha value is 0.440. The van der Waals surface area contributed by atoms with Gasteiger partial charge in [0.25, 0.3) is 0 Å². The van der Waals surface area contributed by atoms with E-state index in [4.69, 9.17) is 0 Å². The number of hydrogen-bond acceptors (Lipinski definition) is 1. The molecule has 1 nitrogen and oxygen atoms in total. The van der Waals surface area contributed by atoms with E-state index in [1.54, 1.807) is 0 Å². The highest BCUT2D eigenvalue weighted by atomic mass is 79.9. The summed E-state index contributed by atoms with van der Waals surface area (Å²) in [6.45, 7) is 2.25. The van der Waals surface area contributed by atoms with Crippen LogP contribution >= 0.6 is 15.9 Å². The fourth-order valence-electron chi connectivity index (χ4n) is 0.880. The van der Waals surface area contributed by atoms with Crippen molar-refractivity contribution in [1.82, 2.24) is 4.90 Å². The normalized spacial score (nSPS) is 27.8. The van der Waals surface area contributed by atoms with Crippen LogP contribution in [0.3, 0.4) is 0 Å². The van der Waals surface area contributed by atoms with Crippen molar-refractivity contribution in [2.75, 3.05) is 21.1 Å². The first-order chi connectivity index (χ1) is 5.07. The van der Waals surface area contributed by atoms with Crippen molar-refractivity contribution in [3.05, 3.63) is 0 Å². The van der Waals surface area contributed by atoms with Gasteiger partial charge in [0.1, 0.15) is 0 Å². The van der Waals surface area contributed by atoms with Gasteiger partial charge >= 0.3 is 0 Å². The molecule has 0 heterocycles. The quantitative estimate of drug-likeness (QED) is 0.649. The largest absolute Gasteiger partial charge is 0.312 e. The zero-order valence-corrected chi connectivity index (χ0v) is 9.69. The van der Waals surface area contributed by atoms with Crippen LogP contribution in [0, 0.1) is 5.92 Å². The van der Waals surface area contributed by atoms with Crippen LogP contribution in [0.1, 0.15) is 26.2 Å². The Kier molecular flexibility index (Phi) is 6.25. The van der Waals surface area contributed by atoms with E-state index in [2.05, 4.69) is 22.9 Å². The zero-order chi connectivity index (χ0) is 8.85. The van der Waals surface area contributed by atoms with Crippen LogP contribution in [0.5, 0.6) is 0 Å². The van der Waals surface area contributed by atoms with Gasteiger partial charge in [-0.3, -0.25) is 0 Å². The van der Waals surface area contributed by atoms with E-state index in [0.29, 0.717) is 0 Å². The van der Waals surface area contributed by atoms with Crippen LogP contribution in [0.25, 0.3) is 0 Å². The monoisotopic (exact) mass is 221 g/mol. The van der Waals surface area contributed by atoms with E-state index in [1.165, 1.54) is 19.3 Å². The molecule has 1 fully saturated rings. The standard InChI is InChI=1S/C6H11Br.C3H9N/c1-2-3-5-4-6(5)7;1-4(2)3/h5-6H,2-4H2,1H3;1-3H3. The van der Waals surface area contributed by atoms with Crippen LogP contribution in [0.4, 0.5) is 0 Å². The molecule has 0 aliphatic heterocycles. The molecule has 2 atom stereocenters. The minimum absolute atomic E-state index is 0.882. The van der Waals surface area contributed by atoms with E-state index in [1.807, 2.05) is 26.0 Å². The highest BCUT2D eigenvalue weighted by Crippen LogP contribution is 2.40. The molecule has 0 radical (unpaired) electrons. The van der Waals surface area contributed by atoms with E-state index in [0.717, 1.165) is 10.7 Å². The van der Waals surface area contributed by atoms with Crippen LogP contribution < -0.4 is 0 Å². The second-order valence-electron chi connectivity index (χ2n) is 3.64. The SMILES string of the molecule is CCCC1CC1Br.CN(C)C. The first kappa shape index (κ1) is 11.4. The minimum Gasteiger partial charge on any atom is -0.312 e. The Morgan fingerprint density at radius 3 is 1.82 bits per heavy atom. The molecule has 1 rings (SSSR count). The van der Waals surface area contributed by atoms with Crippen molar-refractivity contribution < 1.29 is 0 Å². The molecular weight excluding hydrogens is 202 g/mol. The number of rotatable bonds is 2. The second-order valence-corrected chi connectivity index (χ2v) is 4.82. The van der Waals surface area contributed by atoms with Gasteiger partial charge in [0, 0.05) is 4.83 Å². The molecule has 0 aromatic heterocycles. The predicted octanol–water partition coefficient (Wildman–Crippen LogP) is 2.75. The van der Waals surface area contributed by atoms with E-state index in [9.17, 15) is 0 Å². The van der Waals surface area contributed by atoms with E-state index < -0.39 is 0 Å². The van der Waals surface area contributed by atoms with Gasteiger partial charge < -0.3 is 4.90 Å². The molecular formula is C9H20BrN. The Labute approximate surface area is 79.3 Å². The second kappa shape index (κ2) is 6.01. The van der Waals surface area contributed by atoms with E-state index in [-0.39, 0.29) is 0 Å². The summed E-state index contributed by atoms with van der Waals surface area (Å²) in [6, 6.07) is 0. The number of halogens is 1. The molecule has 1 saturated carbocycles. The van der Waals surface area contributed by atoms with Gasteiger partial charge in [-0.1, -0.05) is 29.3 Å². The van der Waals surface area contributed by atoms with Crippen molar-refractivity contribution in [2.45, 2.75) is 31.0 Å². The Balaban J connectivity index is 0.000000218. The summed E-state index contributed by atoms with van der Waals surface area (Å²) >= 11 is 3.55. The van der Waals surface area contributed by atoms with E-state index >= 15 is 0 Å². The lowest BCUT2D eigenvalue weighted by atomic mass is 10.2. The molecule has 0 N–H and O–H groups in total. The van der Waals surface area contributed by atoms with Crippen LogP contribution in [-0.2, 0) is 0 Å². The summed E-state index contributed by atoms with van der Waals surface area (Å²) < 4.78 is 0. The molecule has 1 aliphatic rings. The highest BCUT2D eigenvalue weighted by molar-refractivity contribution is 9.09. The summed E-state index contributed by atoms with van der Waals surface area (Å²) in [5.41, 5.74) is 0. The molecule has 0 aromatic rings. The Bertz CT molecular complexity index is 90.8. The summed E-state index contributed by atoms with van der Waals surface area (Å²) in [5.74, 6) is 1.03. The third kappa shape index (κ3) is 8.35. The van der Waals surface area contributed by atoms with Gasteiger partial charge in [-0.05, 0) is 39.9 Å². The highest BCUT2D eigenvalue weighted by Gasteiger charge is 2.32. The van der Waals surface area contributed by atoms with Gasteiger partial charge in [-0.25, -0.2) is 0 Å². The van der Waals surface area contributed by atoms with Gasteiger partial charge in [0.15, 0.2) is 0 Å². The third-order valence-corrected chi connectivity index (χ3v) is 2.62. The smallest absolute Gasteiger partial charge is 0.0177 e. The lowest BCUT2D eigenvalue weighted by Crippen LogP contribution is -1.99. The topological polar surface area (TPSA) is 3.24 Å². The summed E-state index contributed by atoms with van der Waals surface area (Å²) in [4.78, 5) is 2.88. The van der Waals surface area contributed by atoms with Crippen molar-refractivity contribution >= 4 is 15.9 Å². The van der Waals surface area contributed by atoms with Crippen molar-refractivity contribution in [2.24, 2.45) is 5.92 Å². The molecule has 0 spiro atoms.